The maximum Gasteiger partial charge on any atom is 0.0125 e. The van der Waals surface area contributed by atoms with Crippen molar-refractivity contribution in [3.05, 3.63) is 0 Å². The van der Waals surface area contributed by atoms with Gasteiger partial charge < -0.3 is 4.90 Å². The van der Waals surface area contributed by atoms with E-state index in [2.05, 4.69) is 89.0 Å². The van der Waals surface area contributed by atoms with Gasteiger partial charge >= 0.3 is 0 Å². The highest BCUT2D eigenvalue weighted by molar-refractivity contribution is 4.80. The van der Waals surface area contributed by atoms with Gasteiger partial charge in [-0.15, -0.1) is 0 Å². The van der Waals surface area contributed by atoms with E-state index in [4.69, 9.17) is 0 Å². The standard InChI is InChI=1S/C10H22N2.2C10H21N.3C2H6/c1-10(2,3)12-7-5-6-11(4)8-9-12;2*1-10(2,3)11-8-6-4-5-7-9-11;3*1-2/h5-9H2,1-4H3;2*4-9H2,1-3H3;3*1-2H3. The molecule has 0 bridgehead atoms. The van der Waals surface area contributed by atoms with Crippen LogP contribution in [0.1, 0.15) is 162 Å². The van der Waals surface area contributed by atoms with Crippen LogP contribution < -0.4 is 0 Å². The second-order valence-corrected chi connectivity index (χ2v) is 14.0. The first-order chi connectivity index (χ1) is 18.7. The van der Waals surface area contributed by atoms with E-state index in [1.54, 1.807) is 0 Å². The predicted molar refractivity (Wildman–Crippen MR) is 187 cm³/mol. The molecule has 3 aliphatic heterocycles. The van der Waals surface area contributed by atoms with Crippen LogP contribution in [0.5, 0.6) is 0 Å². The summed E-state index contributed by atoms with van der Waals surface area (Å²) in [5, 5.41) is 0. The molecule has 4 nitrogen and oxygen atoms in total. The minimum absolute atomic E-state index is 0.352. The summed E-state index contributed by atoms with van der Waals surface area (Å²) in [4.78, 5) is 10.2. The summed E-state index contributed by atoms with van der Waals surface area (Å²) in [5.41, 5.74) is 1.14. The molecule has 3 fully saturated rings. The van der Waals surface area contributed by atoms with Crippen LogP contribution in [-0.2, 0) is 0 Å². The topological polar surface area (TPSA) is 13.0 Å². The van der Waals surface area contributed by atoms with E-state index in [-0.39, 0.29) is 0 Å². The Bertz CT molecular complexity index is 466. The quantitative estimate of drug-likeness (QED) is 0.287. The van der Waals surface area contributed by atoms with E-state index in [0.29, 0.717) is 16.6 Å². The van der Waals surface area contributed by atoms with E-state index in [9.17, 15) is 0 Å². The Morgan fingerprint density at radius 3 is 0.825 bits per heavy atom. The molecule has 0 radical (unpaired) electrons. The zero-order valence-electron chi connectivity index (χ0n) is 31.3. The zero-order valence-corrected chi connectivity index (χ0v) is 31.3. The molecule has 0 saturated carbocycles. The molecule has 40 heavy (non-hydrogen) atoms. The summed E-state index contributed by atoms with van der Waals surface area (Å²) in [6, 6.07) is 0. The van der Waals surface area contributed by atoms with Crippen LogP contribution in [0.2, 0.25) is 0 Å². The van der Waals surface area contributed by atoms with Crippen LogP contribution in [0.3, 0.4) is 0 Å². The van der Waals surface area contributed by atoms with Gasteiger partial charge in [0.15, 0.2) is 0 Å². The van der Waals surface area contributed by atoms with Crippen molar-refractivity contribution >= 4 is 0 Å². The van der Waals surface area contributed by atoms with E-state index in [1.807, 2.05) is 41.5 Å². The summed E-state index contributed by atoms with van der Waals surface area (Å²) in [6.07, 6.45) is 12.7. The highest BCUT2D eigenvalue weighted by atomic mass is 15.2. The molecule has 0 unspecified atom stereocenters. The lowest BCUT2D eigenvalue weighted by Gasteiger charge is -2.34. The third-order valence-corrected chi connectivity index (χ3v) is 7.78. The summed E-state index contributed by atoms with van der Waals surface area (Å²) in [5.74, 6) is 0. The number of likely N-dealkylation sites (tertiary alicyclic amines) is 2. The summed E-state index contributed by atoms with van der Waals surface area (Å²) in [7, 11) is 2.21. The Labute approximate surface area is 257 Å². The first-order valence-corrected chi connectivity index (χ1v) is 17.6. The second kappa shape index (κ2) is 25.3. The average Bonchev–Trinajstić information content (AvgIpc) is 3.43. The van der Waals surface area contributed by atoms with Gasteiger partial charge in [0.05, 0.1) is 0 Å². The minimum atomic E-state index is 0.352. The normalized spacial score (nSPS) is 20.4. The fourth-order valence-corrected chi connectivity index (χ4v) is 5.20. The van der Waals surface area contributed by atoms with Crippen molar-refractivity contribution in [2.45, 2.75) is 178 Å². The third kappa shape index (κ3) is 23.4. The van der Waals surface area contributed by atoms with Gasteiger partial charge in [0, 0.05) is 29.7 Å². The molecule has 0 spiro atoms. The maximum atomic E-state index is 2.61. The lowest BCUT2D eigenvalue weighted by atomic mass is 10.1. The van der Waals surface area contributed by atoms with Crippen molar-refractivity contribution in [1.82, 2.24) is 19.6 Å². The molecular formula is C36H82N4. The monoisotopic (exact) mass is 571 g/mol. The summed E-state index contributed by atoms with van der Waals surface area (Å²) < 4.78 is 0. The fourth-order valence-electron chi connectivity index (χ4n) is 5.20. The molecular weight excluding hydrogens is 488 g/mol. The van der Waals surface area contributed by atoms with Crippen LogP contribution in [0.25, 0.3) is 0 Å². The average molecular weight is 571 g/mol. The molecule has 0 aromatic carbocycles. The van der Waals surface area contributed by atoms with Crippen LogP contribution in [0, 0.1) is 0 Å². The largest absolute Gasteiger partial charge is 0.305 e. The molecule has 4 heteroatoms. The molecule has 0 aliphatic carbocycles. The van der Waals surface area contributed by atoms with Gasteiger partial charge in [-0.25, -0.2) is 0 Å². The van der Waals surface area contributed by atoms with Crippen molar-refractivity contribution in [3.63, 3.8) is 0 Å². The lowest BCUT2D eigenvalue weighted by Crippen LogP contribution is -2.43. The van der Waals surface area contributed by atoms with Gasteiger partial charge in [0.1, 0.15) is 0 Å². The first-order valence-electron chi connectivity index (χ1n) is 17.6. The number of nitrogens with zero attached hydrogens (tertiary/aromatic N) is 4. The van der Waals surface area contributed by atoms with Crippen LogP contribution >= 0.6 is 0 Å². The summed E-state index contributed by atoms with van der Waals surface area (Å²) >= 11 is 0. The third-order valence-electron chi connectivity index (χ3n) is 7.78. The lowest BCUT2D eigenvalue weighted by molar-refractivity contribution is 0.142. The SMILES string of the molecule is CC.CC.CC.CC(C)(C)N1CCCCCC1.CC(C)(C)N1CCCCCC1.CN1CCCN(C(C)(C)C)CC1. The fraction of sp³-hybridized carbons (Fsp3) is 1.00. The predicted octanol–water partition coefficient (Wildman–Crippen LogP) is 9.82. The number of hydrogen-bond donors (Lipinski definition) is 0. The number of hydrogen-bond acceptors (Lipinski definition) is 4. The molecule has 0 atom stereocenters. The number of likely N-dealkylation sites (N-methyl/N-ethyl adjacent to an activating group) is 1. The van der Waals surface area contributed by atoms with Crippen LogP contribution in [-0.4, -0.2) is 95.6 Å². The summed E-state index contributed by atoms with van der Waals surface area (Å²) in [6.45, 7) is 43.0. The molecule has 3 heterocycles. The molecule has 246 valence electrons. The van der Waals surface area contributed by atoms with Gasteiger partial charge in [-0.05, 0) is 141 Å². The van der Waals surface area contributed by atoms with E-state index in [0.717, 1.165) is 0 Å². The maximum absolute atomic E-state index is 2.61. The molecule has 3 saturated heterocycles. The van der Waals surface area contributed by atoms with Gasteiger partial charge in [0.2, 0.25) is 0 Å². The van der Waals surface area contributed by atoms with Crippen LogP contribution in [0.4, 0.5) is 0 Å². The highest BCUT2D eigenvalue weighted by Gasteiger charge is 2.23. The molecule has 0 N–H and O–H groups in total. The second-order valence-electron chi connectivity index (χ2n) is 14.0. The van der Waals surface area contributed by atoms with Crippen molar-refractivity contribution in [2.75, 3.05) is 59.4 Å². The minimum Gasteiger partial charge on any atom is -0.305 e. The highest BCUT2D eigenvalue weighted by Crippen LogP contribution is 2.20. The van der Waals surface area contributed by atoms with Crippen molar-refractivity contribution in [3.8, 4) is 0 Å². The van der Waals surface area contributed by atoms with Crippen molar-refractivity contribution < 1.29 is 0 Å². The first kappa shape index (κ1) is 44.3. The van der Waals surface area contributed by atoms with E-state index in [1.165, 1.54) is 110 Å². The Morgan fingerprint density at radius 2 is 0.550 bits per heavy atom. The Hall–Kier alpha value is -0.160. The smallest absolute Gasteiger partial charge is 0.0125 e. The molecule has 3 aliphatic rings. The van der Waals surface area contributed by atoms with Gasteiger partial charge in [-0.2, -0.15) is 0 Å². The van der Waals surface area contributed by atoms with E-state index < -0.39 is 0 Å². The van der Waals surface area contributed by atoms with Gasteiger partial charge in [-0.3, -0.25) is 14.7 Å². The van der Waals surface area contributed by atoms with Gasteiger partial charge in [-0.1, -0.05) is 67.2 Å². The van der Waals surface area contributed by atoms with Crippen molar-refractivity contribution in [1.29, 1.82) is 0 Å². The Morgan fingerprint density at radius 1 is 0.300 bits per heavy atom. The Balaban J connectivity index is -0.000000468. The molecule has 3 rings (SSSR count). The zero-order chi connectivity index (χ0) is 31.8. The molecule has 0 aromatic rings. The molecule has 0 aromatic heterocycles. The Kier molecular flexibility index (Phi) is 28.1. The van der Waals surface area contributed by atoms with Gasteiger partial charge in [0.25, 0.3) is 0 Å². The molecule has 0 amide bonds. The van der Waals surface area contributed by atoms with Crippen molar-refractivity contribution in [2.24, 2.45) is 0 Å². The number of rotatable bonds is 0. The van der Waals surface area contributed by atoms with E-state index >= 15 is 0 Å². The van der Waals surface area contributed by atoms with Crippen LogP contribution in [0.15, 0.2) is 0 Å².